The first-order chi connectivity index (χ1) is 12.7. The van der Waals surface area contributed by atoms with Crippen molar-refractivity contribution in [1.82, 2.24) is 4.90 Å². The first kappa shape index (κ1) is 19.6. The van der Waals surface area contributed by atoms with Gasteiger partial charge in [0.2, 0.25) is 0 Å². The van der Waals surface area contributed by atoms with Crippen molar-refractivity contribution < 1.29 is 18.6 Å². The largest absolute Gasteiger partial charge is 0.504 e. The van der Waals surface area contributed by atoms with Crippen molar-refractivity contribution in [2.24, 2.45) is 0 Å². The average Bonchev–Trinajstić information content (AvgIpc) is 3.06. The highest BCUT2D eigenvalue weighted by Crippen LogP contribution is 2.35. The fourth-order valence-electron chi connectivity index (χ4n) is 3.51. The molecule has 3 nitrogen and oxygen atoms in total. The Morgan fingerprint density at radius 1 is 1.07 bits per heavy atom. The molecule has 1 heterocycles. The van der Waals surface area contributed by atoms with E-state index in [0.29, 0.717) is 30.0 Å². The third-order valence-electron chi connectivity index (χ3n) is 5.28. The van der Waals surface area contributed by atoms with Gasteiger partial charge in [0.1, 0.15) is 11.6 Å². The Hall–Kier alpha value is -2.14. The number of benzene rings is 2. The lowest BCUT2D eigenvalue weighted by molar-refractivity contribution is 0.108. The van der Waals surface area contributed by atoms with Gasteiger partial charge in [-0.1, -0.05) is 6.07 Å². The number of hydrogen-bond acceptors (Lipinski definition) is 3. The number of phenolic OH excluding ortho intramolecular Hbond substituents is 1. The van der Waals surface area contributed by atoms with Crippen LogP contribution in [0, 0.1) is 11.6 Å². The van der Waals surface area contributed by atoms with E-state index >= 15 is 0 Å². The van der Waals surface area contributed by atoms with E-state index in [-0.39, 0.29) is 29.0 Å². The van der Waals surface area contributed by atoms with Gasteiger partial charge >= 0.3 is 0 Å². The van der Waals surface area contributed by atoms with E-state index in [1.165, 1.54) is 12.1 Å². The molecule has 0 radical (unpaired) electrons. The summed E-state index contributed by atoms with van der Waals surface area (Å²) in [6, 6.07) is 7.81. The zero-order valence-electron chi connectivity index (χ0n) is 16.4. The molecule has 3 rings (SSSR count). The van der Waals surface area contributed by atoms with Crippen LogP contribution in [0.4, 0.5) is 8.78 Å². The summed E-state index contributed by atoms with van der Waals surface area (Å²) < 4.78 is 33.7. The van der Waals surface area contributed by atoms with Gasteiger partial charge in [-0.3, -0.25) is 4.90 Å². The lowest BCUT2D eigenvalue weighted by Crippen LogP contribution is -2.40. The van der Waals surface area contributed by atoms with Crippen molar-refractivity contribution in [3.8, 4) is 11.5 Å². The van der Waals surface area contributed by atoms with E-state index in [0.717, 1.165) is 18.4 Å². The summed E-state index contributed by atoms with van der Waals surface area (Å²) in [5.41, 5.74) is 1.78. The highest BCUT2D eigenvalue weighted by molar-refractivity contribution is 5.42. The van der Waals surface area contributed by atoms with E-state index in [1.54, 1.807) is 6.07 Å². The van der Waals surface area contributed by atoms with Crippen molar-refractivity contribution in [2.75, 3.05) is 0 Å². The number of halogens is 2. The summed E-state index contributed by atoms with van der Waals surface area (Å²) in [4.78, 5) is 2.12. The molecule has 0 spiro atoms. The minimum absolute atomic E-state index is 0.0181. The summed E-state index contributed by atoms with van der Waals surface area (Å²) in [5, 5.41) is 9.93. The van der Waals surface area contributed by atoms with Crippen molar-refractivity contribution in [3.05, 3.63) is 58.7 Å². The molecule has 0 aliphatic carbocycles. The number of aryl methyl sites for hydroxylation is 1. The predicted molar refractivity (Wildman–Crippen MR) is 102 cm³/mol. The molecule has 0 aromatic heterocycles. The minimum Gasteiger partial charge on any atom is -0.504 e. The van der Waals surface area contributed by atoms with Gasteiger partial charge in [-0.2, -0.15) is 0 Å². The Bertz CT molecular complexity index is 802. The number of fused-ring (bicyclic) bond motifs is 1. The number of rotatable bonds is 6. The van der Waals surface area contributed by atoms with Crippen LogP contribution in [0.2, 0.25) is 0 Å². The third kappa shape index (κ3) is 4.24. The summed E-state index contributed by atoms with van der Waals surface area (Å²) in [6.07, 6.45) is 1.57. The second kappa shape index (κ2) is 7.47. The van der Waals surface area contributed by atoms with Crippen molar-refractivity contribution in [3.63, 3.8) is 0 Å². The molecule has 1 N–H and O–H groups in total. The standard InChI is InChI=1S/C22H27F2NO2/c1-14(2)27-21-11-15(5-8-20(21)26)9-10-22(3,4)25-12-16-17(13-25)19(24)7-6-18(16)23/h5-8,11,14,26H,9-10,12-13H2,1-4H3. The van der Waals surface area contributed by atoms with E-state index < -0.39 is 0 Å². The molecule has 0 bridgehead atoms. The zero-order chi connectivity index (χ0) is 19.8. The third-order valence-corrected chi connectivity index (χ3v) is 5.28. The van der Waals surface area contributed by atoms with Crippen molar-refractivity contribution in [1.29, 1.82) is 0 Å². The Morgan fingerprint density at radius 3 is 2.22 bits per heavy atom. The smallest absolute Gasteiger partial charge is 0.161 e. The van der Waals surface area contributed by atoms with Crippen LogP contribution >= 0.6 is 0 Å². The van der Waals surface area contributed by atoms with E-state index in [4.69, 9.17) is 4.74 Å². The Balaban J connectivity index is 1.69. The number of aromatic hydroxyl groups is 1. The molecule has 5 heteroatoms. The van der Waals surface area contributed by atoms with Gasteiger partial charge in [0, 0.05) is 29.8 Å². The van der Waals surface area contributed by atoms with Crippen molar-refractivity contribution >= 4 is 0 Å². The quantitative estimate of drug-likeness (QED) is 0.755. The summed E-state index contributed by atoms with van der Waals surface area (Å²) >= 11 is 0. The first-order valence-corrected chi connectivity index (χ1v) is 9.37. The van der Waals surface area contributed by atoms with Gasteiger partial charge in [-0.15, -0.1) is 0 Å². The molecule has 0 atom stereocenters. The van der Waals surface area contributed by atoms with Gasteiger partial charge in [0.25, 0.3) is 0 Å². The number of nitrogens with zero attached hydrogens (tertiary/aromatic N) is 1. The van der Waals surface area contributed by atoms with Crippen LogP contribution in [0.1, 0.15) is 50.8 Å². The molecule has 0 saturated carbocycles. The maximum atomic E-state index is 14.0. The molecule has 146 valence electrons. The van der Waals surface area contributed by atoms with Gasteiger partial charge in [-0.05, 0) is 70.4 Å². The number of ether oxygens (including phenoxy) is 1. The minimum atomic E-state index is -0.335. The Morgan fingerprint density at radius 2 is 1.67 bits per heavy atom. The van der Waals surface area contributed by atoms with Gasteiger partial charge in [0.05, 0.1) is 6.10 Å². The van der Waals surface area contributed by atoms with Gasteiger partial charge in [0.15, 0.2) is 11.5 Å². The summed E-state index contributed by atoms with van der Waals surface area (Å²) in [7, 11) is 0. The fourth-order valence-corrected chi connectivity index (χ4v) is 3.51. The molecule has 2 aromatic carbocycles. The van der Waals surface area contributed by atoms with Crippen LogP contribution in [0.3, 0.4) is 0 Å². The molecule has 0 amide bonds. The second-order valence-electron chi connectivity index (χ2n) is 8.12. The highest BCUT2D eigenvalue weighted by Gasteiger charge is 2.34. The lowest BCUT2D eigenvalue weighted by atomic mass is 9.93. The predicted octanol–water partition coefficient (Wildman–Crippen LogP) is 5.18. The summed E-state index contributed by atoms with van der Waals surface area (Å²) in [5.74, 6) is -0.0527. The monoisotopic (exact) mass is 375 g/mol. The van der Waals surface area contributed by atoms with Crippen LogP contribution in [0.5, 0.6) is 11.5 Å². The van der Waals surface area contributed by atoms with E-state index in [9.17, 15) is 13.9 Å². The Labute approximate surface area is 159 Å². The molecular weight excluding hydrogens is 348 g/mol. The van der Waals surface area contributed by atoms with E-state index in [1.807, 2.05) is 26.0 Å². The molecule has 0 unspecified atom stereocenters. The van der Waals surface area contributed by atoms with Crippen LogP contribution in [0.25, 0.3) is 0 Å². The first-order valence-electron chi connectivity index (χ1n) is 9.37. The van der Waals surface area contributed by atoms with Gasteiger partial charge in [-0.25, -0.2) is 8.78 Å². The van der Waals surface area contributed by atoms with E-state index in [2.05, 4.69) is 18.7 Å². The van der Waals surface area contributed by atoms with Crippen LogP contribution in [-0.2, 0) is 19.5 Å². The van der Waals surface area contributed by atoms with Crippen LogP contribution < -0.4 is 4.74 Å². The molecule has 0 fully saturated rings. The highest BCUT2D eigenvalue weighted by atomic mass is 19.1. The maximum absolute atomic E-state index is 14.0. The lowest BCUT2D eigenvalue weighted by Gasteiger charge is -2.35. The maximum Gasteiger partial charge on any atom is 0.161 e. The average molecular weight is 375 g/mol. The molecule has 0 saturated heterocycles. The van der Waals surface area contributed by atoms with Gasteiger partial charge < -0.3 is 9.84 Å². The SMILES string of the molecule is CC(C)Oc1cc(CCC(C)(C)N2Cc3c(F)ccc(F)c3C2)ccc1O. The summed E-state index contributed by atoms with van der Waals surface area (Å²) in [6.45, 7) is 8.87. The molecule has 27 heavy (non-hydrogen) atoms. The normalized spacial score (nSPS) is 14.6. The van der Waals surface area contributed by atoms with Crippen LogP contribution in [0.15, 0.2) is 30.3 Å². The Kier molecular flexibility index (Phi) is 5.43. The van der Waals surface area contributed by atoms with Crippen LogP contribution in [-0.4, -0.2) is 21.6 Å². The zero-order valence-corrected chi connectivity index (χ0v) is 16.4. The molecule has 1 aliphatic heterocycles. The topological polar surface area (TPSA) is 32.7 Å². The number of hydrogen-bond donors (Lipinski definition) is 1. The number of phenols is 1. The molecule has 2 aromatic rings. The molecule has 1 aliphatic rings. The second-order valence-corrected chi connectivity index (χ2v) is 8.12. The van der Waals surface area contributed by atoms with Crippen molar-refractivity contribution in [2.45, 2.75) is 65.3 Å². The fraction of sp³-hybridized carbons (Fsp3) is 0.455. The molecular formula is C22H27F2NO2.